The zero-order valence-electron chi connectivity index (χ0n) is 12.6. The number of hydrogen-bond acceptors (Lipinski definition) is 3. The van der Waals surface area contributed by atoms with Crippen LogP contribution in [0.3, 0.4) is 0 Å². The van der Waals surface area contributed by atoms with Crippen molar-refractivity contribution in [2.24, 2.45) is 0 Å². The summed E-state index contributed by atoms with van der Waals surface area (Å²) >= 11 is 0. The molecule has 1 fully saturated rings. The van der Waals surface area contributed by atoms with Gasteiger partial charge >= 0.3 is 0 Å². The molecule has 0 amide bonds. The van der Waals surface area contributed by atoms with Crippen LogP contribution in [0.5, 0.6) is 0 Å². The highest BCUT2D eigenvalue weighted by Gasteiger charge is 2.41. The first kappa shape index (κ1) is 16.1. The Morgan fingerprint density at radius 2 is 1.96 bits per heavy atom. The number of ether oxygens (including phenoxy) is 1. The van der Waals surface area contributed by atoms with Crippen LogP contribution in [0.1, 0.15) is 11.1 Å². The lowest BCUT2D eigenvalue weighted by Crippen LogP contribution is -2.52. The van der Waals surface area contributed by atoms with Crippen LogP contribution in [0.2, 0.25) is 0 Å². The molecule has 0 aliphatic carbocycles. The Labute approximate surface area is 133 Å². The molecule has 23 heavy (non-hydrogen) atoms. The normalized spacial score (nSPS) is 20.9. The monoisotopic (exact) mass is 319 g/mol. The fraction of sp³-hybridized carbons (Fsp3) is 0.333. The molecule has 0 aromatic heterocycles. The molecule has 0 saturated carbocycles. The fourth-order valence-electron chi connectivity index (χ4n) is 2.96. The van der Waals surface area contributed by atoms with Gasteiger partial charge in [-0.25, -0.2) is 8.78 Å². The second kappa shape index (κ2) is 6.74. The number of aliphatic hydroxyl groups is 1. The van der Waals surface area contributed by atoms with E-state index in [0.717, 1.165) is 6.07 Å². The largest absolute Gasteiger partial charge is 0.382 e. The van der Waals surface area contributed by atoms with Crippen LogP contribution in [-0.2, 0) is 16.8 Å². The smallest absolute Gasteiger partial charge is 0.129 e. The summed E-state index contributed by atoms with van der Waals surface area (Å²) < 4.78 is 32.9. The van der Waals surface area contributed by atoms with E-state index in [2.05, 4.69) is 5.32 Å². The van der Waals surface area contributed by atoms with Crippen LogP contribution < -0.4 is 5.32 Å². The van der Waals surface area contributed by atoms with E-state index in [9.17, 15) is 13.9 Å². The molecule has 0 spiro atoms. The zero-order chi connectivity index (χ0) is 16.3. The Kier molecular flexibility index (Phi) is 4.71. The molecule has 1 unspecified atom stereocenters. The van der Waals surface area contributed by atoms with Crippen molar-refractivity contribution < 1.29 is 18.6 Å². The van der Waals surface area contributed by atoms with E-state index < -0.39 is 23.3 Å². The fourth-order valence-corrected chi connectivity index (χ4v) is 2.96. The molecule has 2 aromatic rings. The molecule has 0 bridgehead atoms. The molecule has 0 radical (unpaired) electrons. The summed E-state index contributed by atoms with van der Waals surface area (Å²) in [7, 11) is 0. The van der Waals surface area contributed by atoms with Gasteiger partial charge in [0.25, 0.3) is 0 Å². The van der Waals surface area contributed by atoms with E-state index in [1.54, 1.807) is 12.1 Å². The van der Waals surface area contributed by atoms with E-state index in [1.807, 2.05) is 18.2 Å². The van der Waals surface area contributed by atoms with Gasteiger partial charge in [0.1, 0.15) is 23.3 Å². The van der Waals surface area contributed by atoms with Gasteiger partial charge in [-0.05, 0) is 17.2 Å². The van der Waals surface area contributed by atoms with E-state index in [0.29, 0.717) is 25.3 Å². The molecule has 2 atom stereocenters. The summed E-state index contributed by atoms with van der Waals surface area (Å²) in [5, 5.41) is 14.5. The number of rotatable bonds is 4. The molecule has 3 rings (SSSR count). The Bertz CT molecular complexity index is 659. The molecule has 5 heteroatoms. The quantitative estimate of drug-likeness (QED) is 0.909. The summed E-state index contributed by atoms with van der Waals surface area (Å²) in [6, 6.07) is 12.5. The van der Waals surface area contributed by atoms with Crippen LogP contribution in [0.25, 0.3) is 0 Å². The Balaban J connectivity index is 1.97. The van der Waals surface area contributed by atoms with E-state index >= 15 is 0 Å². The average Bonchev–Trinajstić information content (AvgIpc) is 2.59. The Hall–Kier alpha value is -1.82. The number of hydrogen-bond donors (Lipinski definition) is 2. The molecule has 2 aromatic carbocycles. The van der Waals surface area contributed by atoms with Crippen molar-refractivity contribution >= 4 is 0 Å². The van der Waals surface area contributed by atoms with Gasteiger partial charge in [0, 0.05) is 25.6 Å². The number of morpholine rings is 1. The van der Waals surface area contributed by atoms with Gasteiger partial charge in [0.05, 0.1) is 6.61 Å². The highest BCUT2D eigenvalue weighted by Crippen LogP contribution is 2.32. The summed E-state index contributed by atoms with van der Waals surface area (Å²) in [6.07, 6.45) is -0.502. The zero-order valence-corrected chi connectivity index (χ0v) is 12.6. The molecule has 3 nitrogen and oxygen atoms in total. The van der Waals surface area contributed by atoms with Gasteiger partial charge in [0.15, 0.2) is 0 Å². The predicted molar refractivity (Wildman–Crippen MR) is 83.0 cm³/mol. The first-order chi connectivity index (χ1) is 11.1. The van der Waals surface area contributed by atoms with Crippen LogP contribution in [0.4, 0.5) is 8.78 Å². The number of nitrogens with one attached hydrogen (secondary N) is 1. The van der Waals surface area contributed by atoms with E-state index in [1.165, 1.54) is 12.1 Å². The minimum absolute atomic E-state index is 0.00940. The van der Waals surface area contributed by atoms with Gasteiger partial charge in [-0.3, -0.25) is 0 Å². The minimum Gasteiger partial charge on any atom is -0.382 e. The molecule has 122 valence electrons. The summed E-state index contributed by atoms with van der Waals surface area (Å²) in [5.41, 5.74) is -0.489. The lowest BCUT2D eigenvalue weighted by atomic mass is 9.82. The molecule has 1 aliphatic heterocycles. The maximum absolute atomic E-state index is 14.1. The SMILES string of the molecule is O[C@](Cc1ccc(F)cc1F)(c1ccccc1)C1CNCCO1. The van der Waals surface area contributed by atoms with Crippen molar-refractivity contribution in [3.05, 3.63) is 71.3 Å². The molecular formula is C18H19F2NO2. The molecule has 1 aliphatic rings. The van der Waals surface area contributed by atoms with Crippen molar-refractivity contribution in [3.63, 3.8) is 0 Å². The Morgan fingerprint density at radius 3 is 2.61 bits per heavy atom. The van der Waals surface area contributed by atoms with Gasteiger partial charge in [-0.2, -0.15) is 0 Å². The second-order valence-electron chi connectivity index (χ2n) is 5.77. The maximum atomic E-state index is 14.1. The third-order valence-corrected chi connectivity index (χ3v) is 4.21. The highest BCUT2D eigenvalue weighted by molar-refractivity contribution is 5.29. The van der Waals surface area contributed by atoms with E-state index in [-0.39, 0.29) is 12.0 Å². The van der Waals surface area contributed by atoms with Gasteiger partial charge < -0.3 is 15.2 Å². The van der Waals surface area contributed by atoms with Crippen molar-refractivity contribution in [1.29, 1.82) is 0 Å². The van der Waals surface area contributed by atoms with Crippen molar-refractivity contribution in [2.45, 2.75) is 18.1 Å². The minimum atomic E-state index is -1.40. The lowest BCUT2D eigenvalue weighted by molar-refractivity contribution is -0.124. The van der Waals surface area contributed by atoms with Crippen LogP contribution in [0.15, 0.2) is 48.5 Å². The van der Waals surface area contributed by atoms with E-state index in [4.69, 9.17) is 4.74 Å². The summed E-state index contributed by atoms with van der Waals surface area (Å²) in [4.78, 5) is 0. The standard InChI is InChI=1S/C18H19F2NO2/c19-15-7-6-13(16(20)10-15)11-18(22,14-4-2-1-3-5-14)17-12-21-8-9-23-17/h1-7,10,17,21-22H,8-9,11-12H2/t17?,18-/m1/s1. The van der Waals surface area contributed by atoms with Crippen molar-refractivity contribution in [3.8, 4) is 0 Å². The molecular weight excluding hydrogens is 300 g/mol. The van der Waals surface area contributed by atoms with Crippen LogP contribution in [0, 0.1) is 11.6 Å². The third kappa shape index (κ3) is 3.42. The van der Waals surface area contributed by atoms with Crippen LogP contribution >= 0.6 is 0 Å². The molecule has 1 saturated heterocycles. The number of halogens is 2. The lowest BCUT2D eigenvalue weighted by Gasteiger charge is -2.39. The first-order valence-electron chi connectivity index (χ1n) is 7.64. The van der Waals surface area contributed by atoms with Gasteiger partial charge in [-0.1, -0.05) is 36.4 Å². The predicted octanol–water partition coefficient (Wildman–Crippen LogP) is 2.38. The summed E-state index contributed by atoms with van der Waals surface area (Å²) in [6.45, 7) is 1.66. The second-order valence-corrected chi connectivity index (χ2v) is 5.77. The van der Waals surface area contributed by atoms with Gasteiger partial charge in [0.2, 0.25) is 0 Å². The maximum Gasteiger partial charge on any atom is 0.129 e. The van der Waals surface area contributed by atoms with Gasteiger partial charge in [-0.15, -0.1) is 0 Å². The average molecular weight is 319 g/mol. The Morgan fingerprint density at radius 1 is 1.17 bits per heavy atom. The summed E-state index contributed by atoms with van der Waals surface area (Å²) in [5.74, 6) is -1.30. The first-order valence-corrected chi connectivity index (χ1v) is 7.64. The van der Waals surface area contributed by atoms with Crippen LogP contribution in [-0.4, -0.2) is 30.9 Å². The molecule has 2 N–H and O–H groups in total. The highest BCUT2D eigenvalue weighted by atomic mass is 19.1. The third-order valence-electron chi connectivity index (χ3n) is 4.21. The van der Waals surface area contributed by atoms with Crippen molar-refractivity contribution in [2.75, 3.05) is 19.7 Å². The number of benzene rings is 2. The molecule has 1 heterocycles. The van der Waals surface area contributed by atoms with Crippen molar-refractivity contribution in [1.82, 2.24) is 5.32 Å². The topological polar surface area (TPSA) is 41.5 Å².